The van der Waals surface area contributed by atoms with Gasteiger partial charge in [0.05, 0.1) is 6.54 Å². The fourth-order valence-corrected chi connectivity index (χ4v) is 2.36. The summed E-state index contributed by atoms with van der Waals surface area (Å²) in [6.07, 6.45) is -3.47. The van der Waals surface area contributed by atoms with Crippen LogP contribution in [0.5, 0.6) is 0 Å². The molecule has 1 aromatic heterocycles. The van der Waals surface area contributed by atoms with E-state index < -0.39 is 12.7 Å². The van der Waals surface area contributed by atoms with Crippen molar-refractivity contribution in [2.75, 3.05) is 37.6 Å². The Bertz CT molecular complexity index is 459. The van der Waals surface area contributed by atoms with Gasteiger partial charge >= 0.3 is 6.18 Å². The van der Waals surface area contributed by atoms with Gasteiger partial charge in [0.1, 0.15) is 16.8 Å². The van der Waals surface area contributed by atoms with Gasteiger partial charge in [0.2, 0.25) is 0 Å². The topological polar surface area (TPSA) is 32.3 Å². The van der Waals surface area contributed by atoms with E-state index in [4.69, 9.17) is 11.6 Å². The fourth-order valence-electron chi connectivity index (χ4n) is 2.16. The summed E-state index contributed by atoms with van der Waals surface area (Å²) in [6, 6.07) is 1.65. The maximum Gasteiger partial charge on any atom is 0.401 e. The number of alkyl halides is 3. The van der Waals surface area contributed by atoms with Crippen LogP contribution in [-0.2, 0) is 6.42 Å². The zero-order valence-corrected chi connectivity index (χ0v) is 11.9. The molecule has 1 aliphatic heterocycles. The van der Waals surface area contributed by atoms with Gasteiger partial charge < -0.3 is 4.90 Å². The van der Waals surface area contributed by atoms with Crippen molar-refractivity contribution in [2.24, 2.45) is 0 Å². The first-order chi connectivity index (χ1) is 9.37. The second kappa shape index (κ2) is 6.13. The van der Waals surface area contributed by atoms with Gasteiger partial charge in [0.25, 0.3) is 0 Å². The van der Waals surface area contributed by atoms with Crippen LogP contribution < -0.4 is 4.90 Å². The second-order valence-electron chi connectivity index (χ2n) is 4.70. The van der Waals surface area contributed by atoms with Crippen LogP contribution in [0.1, 0.15) is 12.7 Å². The lowest BCUT2D eigenvalue weighted by atomic mass is 10.3. The molecule has 0 bridgehead atoms. The van der Waals surface area contributed by atoms with Crippen LogP contribution in [0.4, 0.5) is 19.0 Å². The van der Waals surface area contributed by atoms with Gasteiger partial charge in [-0.25, -0.2) is 9.97 Å². The highest BCUT2D eigenvalue weighted by molar-refractivity contribution is 6.29. The van der Waals surface area contributed by atoms with E-state index in [1.54, 1.807) is 6.07 Å². The van der Waals surface area contributed by atoms with Gasteiger partial charge in [0, 0.05) is 38.7 Å². The molecule has 1 fully saturated rings. The highest BCUT2D eigenvalue weighted by atomic mass is 35.5. The molecule has 0 amide bonds. The molecule has 1 aliphatic rings. The molecule has 1 saturated heterocycles. The quantitative estimate of drug-likeness (QED) is 0.803. The number of piperazine rings is 1. The Balaban J connectivity index is 1.98. The highest BCUT2D eigenvalue weighted by Gasteiger charge is 2.32. The molecule has 20 heavy (non-hydrogen) atoms. The minimum atomic E-state index is -4.14. The largest absolute Gasteiger partial charge is 0.401 e. The molecule has 8 heteroatoms. The molecule has 0 unspecified atom stereocenters. The number of rotatable bonds is 3. The van der Waals surface area contributed by atoms with Crippen molar-refractivity contribution >= 4 is 17.4 Å². The Morgan fingerprint density at radius 1 is 1.20 bits per heavy atom. The van der Waals surface area contributed by atoms with Crippen LogP contribution >= 0.6 is 11.6 Å². The molecule has 2 rings (SSSR count). The Morgan fingerprint density at radius 2 is 1.85 bits per heavy atom. The molecule has 0 atom stereocenters. The highest BCUT2D eigenvalue weighted by Crippen LogP contribution is 2.21. The molecule has 0 saturated carbocycles. The summed E-state index contributed by atoms with van der Waals surface area (Å²) >= 11 is 5.93. The number of aromatic nitrogens is 2. The van der Waals surface area contributed by atoms with Gasteiger partial charge in [-0.3, -0.25) is 4.90 Å². The maximum atomic E-state index is 12.3. The number of aryl methyl sites for hydroxylation is 1. The third kappa shape index (κ3) is 4.21. The van der Waals surface area contributed by atoms with Crippen molar-refractivity contribution < 1.29 is 13.2 Å². The molecular weight excluding hydrogens is 293 g/mol. The molecule has 4 nitrogen and oxygen atoms in total. The lowest BCUT2D eigenvalue weighted by Gasteiger charge is -2.35. The number of hydrogen-bond donors (Lipinski definition) is 0. The van der Waals surface area contributed by atoms with E-state index in [2.05, 4.69) is 9.97 Å². The first-order valence-corrected chi connectivity index (χ1v) is 6.82. The standard InChI is InChI=1S/C12H16ClF3N4/c1-2-10-17-9(13)7-11(18-10)20-5-3-19(4-6-20)8-12(14,15)16/h7H,2-6,8H2,1H3. The summed E-state index contributed by atoms with van der Waals surface area (Å²) in [5, 5.41) is 0.365. The Morgan fingerprint density at radius 3 is 2.40 bits per heavy atom. The number of nitrogens with zero attached hydrogens (tertiary/aromatic N) is 4. The third-order valence-corrected chi connectivity index (χ3v) is 3.34. The molecule has 0 spiro atoms. The fraction of sp³-hybridized carbons (Fsp3) is 0.667. The summed E-state index contributed by atoms with van der Waals surface area (Å²) < 4.78 is 37.0. The monoisotopic (exact) mass is 308 g/mol. The lowest BCUT2D eigenvalue weighted by Crippen LogP contribution is -2.49. The Kier molecular flexibility index (Phi) is 4.70. The summed E-state index contributed by atoms with van der Waals surface area (Å²) in [7, 11) is 0. The summed E-state index contributed by atoms with van der Waals surface area (Å²) in [5.74, 6) is 1.33. The minimum absolute atomic E-state index is 0.364. The number of hydrogen-bond acceptors (Lipinski definition) is 4. The van der Waals surface area contributed by atoms with Gasteiger partial charge in [0.15, 0.2) is 0 Å². The molecule has 2 heterocycles. The average molecular weight is 309 g/mol. The van der Waals surface area contributed by atoms with E-state index in [0.29, 0.717) is 49.4 Å². The van der Waals surface area contributed by atoms with Crippen molar-refractivity contribution in [1.82, 2.24) is 14.9 Å². The number of halogens is 4. The molecule has 1 aromatic rings. The van der Waals surface area contributed by atoms with Crippen LogP contribution in [-0.4, -0.2) is 53.8 Å². The van der Waals surface area contributed by atoms with E-state index in [0.717, 1.165) is 0 Å². The van der Waals surface area contributed by atoms with Crippen LogP contribution in [0.2, 0.25) is 5.15 Å². The summed E-state index contributed by atoms with van der Waals surface area (Å²) in [6.45, 7) is 2.81. The van der Waals surface area contributed by atoms with Crippen LogP contribution in [0.3, 0.4) is 0 Å². The summed E-state index contributed by atoms with van der Waals surface area (Å²) in [5.41, 5.74) is 0. The first-order valence-electron chi connectivity index (χ1n) is 6.45. The second-order valence-corrected chi connectivity index (χ2v) is 5.08. The van der Waals surface area contributed by atoms with Crippen LogP contribution in [0, 0.1) is 0 Å². The van der Waals surface area contributed by atoms with E-state index in [9.17, 15) is 13.2 Å². The SMILES string of the molecule is CCc1nc(Cl)cc(N2CCN(CC(F)(F)F)CC2)n1. The minimum Gasteiger partial charge on any atom is -0.354 e. The first kappa shape index (κ1) is 15.3. The lowest BCUT2D eigenvalue weighted by molar-refractivity contribution is -0.146. The maximum absolute atomic E-state index is 12.3. The third-order valence-electron chi connectivity index (χ3n) is 3.14. The molecule has 112 valence electrons. The normalized spacial score (nSPS) is 17.6. The van der Waals surface area contributed by atoms with Crippen molar-refractivity contribution in [3.05, 3.63) is 17.0 Å². The van der Waals surface area contributed by atoms with Gasteiger partial charge in [-0.05, 0) is 0 Å². The van der Waals surface area contributed by atoms with Crippen LogP contribution in [0.15, 0.2) is 6.07 Å². The molecule has 0 N–H and O–H groups in total. The molecule has 0 aromatic carbocycles. The van der Waals surface area contributed by atoms with E-state index in [-0.39, 0.29) is 0 Å². The van der Waals surface area contributed by atoms with Gasteiger partial charge in [-0.1, -0.05) is 18.5 Å². The Hall–Kier alpha value is -1.08. The molecular formula is C12H16ClF3N4. The molecule has 0 aliphatic carbocycles. The number of anilines is 1. The van der Waals surface area contributed by atoms with E-state index in [1.807, 2.05) is 11.8 Å². The zero-order valence-electron chi connectivity index (χ0n) is 11.1. The summed E-state index contributed by atoms with van der Waals surface area (Å²) in [4.78, 5) is 11.8. The van der Waals surface area contributed by atoms with E-state index >= 15 is 0 Å². The Labute approximate surface area is 120 Å². The van der Waals surface area contributed by atoms with Crippen molar-refractivity contribution in [3.63, 3.8) is 0 Å². The van der Waals surface area contributed by atoms with Crippen molar-refractivity contribution in [1.29, 1.82) is 0 Å². The van der Waals surface area contributed by atoms with Gasteiger partial charge in [-0.15, -0.1) is 0 Å². The van der Waals surface area contributed by atoms with Crippen molar-refractivity contribution in [3.8, 4) is 0 Å². The van der Waals surface area contributed by atoms with E-state index in [1.165, 1.54) is 4.90 Å². The van der Waals surface area contributed by atoms with Gasteiger partial charge in [-0.2, -0.15) is 13.2 Å². The molecule has 0 radical (unpaired) electrons. The van der Waals surface area contributed by atoms with Crippen LogP contribution in [0.25, 0.3) is 0 Å². The predicted octanol–water partition coefficient (Wildman–Crippen LogP) is 2.38. The predicted molar refractivity (Wildman–Crippen MR) is 71.1 cm³/mol. The van der Waals surface area contributed by atoms with Crippen molar-refractivity contribution in [2.45, 2.75) is 19.5 Å². The average Bonchev–Trinajstić information content (AvgIpc) is 2.37. The smallest absolute Gasteiger partial charge is 0.354 e. The zero-order chi connectivity index (χ0) is 14.8.